The van der Waals surface area contributed by atoms with E-state index in [1.165, 1.54) is 5.57 Å². The fourth-order valence-corrected chi connectivity index (χ4v) is 0.584. The van der Waals surface area contributed by atoms with Gasteiger partial charge in [-0.2, -0.15) is 0 Å². The van der Waals surface area contributed by atoms with Crippen molar-refractivity contribution in [2.45, 2.75) is 34.1 Å². The number of aliphatic imine (C=N–C) groups is 1. The minimum Gasteiger partial charge on any atom is -0.387 e. The Bertz CT molecular complexity index is 231. The zero-order chi connectivity index (χ0) is 11.6. The van der Waals surface area contributed by atoms with Gasteiger partial charge in [0.05, 0.1) is 5.70 Å². The molecule has 0 atom stereocenters. The standard InChI is InChI=1S/C10H16N2.C2H6/c1-5-9(4)12-10(11)7-6-8(2)3;1-2/h5-6H,1,4,7H2,2-3H3,(H2,11,12);1-2H3. The van der Waals surface area contributed by atoms with Crippen LogP contribution in [0.25, 0.3) is 0 Å². The molecule has 0 saturated carbocycles. The topological polar surface area (TPSA) is 38.4 Å². The highest BCUT2D eigenvalue weighted by atomic mass is 14.9. The molecule has 0 amide bonds. The summed E-state index contributed by atoms with van der Waals surface area (Å²) in [7, 11) is 0. The molecule has 0 aromatic rings. The number of allylic oxidation sites excluding steroid dienone is 2. The Hall–Kier alpha value is -1.31. The van der Waals surface area contributed by atoms with E-state index in [1.807, 2.05) is 33.8 Å². The summed E-state index contributed by atoms with van der Waals surface area (Å²) in [5, 5.41) is 0. The maximum absolute atomic E-state index is 5.60. The molecule has 0 aromatic carbocycles. The first-order chi connectivity index (χ1) is 6.56. The van der Waals surface area contributed by atoms with Crippen molar-refractivity contribution < 1.29 is 0 Å². The summed E-state index contributed by atoms with van der Waals surface area (Å²) in [4.78, 5) is 4.00. The molecule has 80 valence electrons. The average molecular weight is 194 g/mol. The smallest absolute Gasteiger partial charge is 0.103 e. The number of nitrogens with zero attached hydrogens (tertiary/aromatic N) is 1. The molecule has 2 heteroatoms. The number of rotatable bonds is 4. The van der Waals surface area contributed by atoms with Crippen LogP contribution in [0.1, 0.15) is 34.1 Å². The third-order valence-corrected chi connectivity index (χ3v) is 1.24. The second-order valence-corrected chi connectivity index (χ2v) is 2.78. The predicted octanol–water partition coefficient (Wildman–Crippen LogP) is 3.43. The summed E-state index contributed by atoms with van der Waals surface area (Å²) in [6, 6.07) is 0. The molecule has 0 aromatic heterocycles. The van der Waals surface area contributed by atoms with Gasteiger partial charge in [0.15, 0.2) is 0 Å². The molecular formula is C12H22N2. The van der Waals surface area contributed by atoms with Crippen molar-refractivity contribution in [3.8, 4) is 0 Å². The lowest BCUT2D eigenvalue weighted by molar-refractivity contribution is 1.26. The molecule has 0 heterocycles. The molecule has 0 rings (SSSR count). The molecule has 14 heavy (non-hydrogen) atoms. The zero-order valence-electron chi connectivity index (χ0n) is 9.80. The van der Waals surface area contributed by atoms with Crippen molar-refractivity contribution in [2.75, 3.05) is 0 Å². The summed E-state index contributed by atoms with van der Waals surface area (Å²) in [6.07, 6.45) is 4.28. The van der Waals surface area contributed by atoms with Crippen molar-refractivity contribution in [3.05, 3.63) is 36.6 Å². The second-order valence-electron chi connectivity index (χ2n) is 2.78. The number of amidine groups is 1. The summed E-state index contributed by atoms with van der Waals surface area (Å²) in [5.41, 5.74) is 7.44. The van der Waals surface area contributed by atoms with Crippen molar-refractivity contribution in [3.63, 3.8) is 0 Å². The Kier molecular flexibility index (Phi) is 10.6. The molecule has 0 fully saturated rings. The van der Waals surface area contributed by atoms with Crippen LogP contribution in [0.3, 0.4) is 0 Å². The fraction of sp³-hybridized carbons (Fsp3) is 0.417. The number of hydrogen-bond donors (Lipinski definition) is 1. The maximum Gasteiger partial charge on any atom is 0.103 e. The van der Waals surface area contributed by atoms with E-state index in [2.05, 4.69) is 18.2 Å². The molecule has 0 radical (unpaired) electrons. The van der Waals surface area contributed by atoms with E-state index in [1.54, 1.807) is 6.08 Å². The van der Waals surface area contributed by atoms with Crippen LogP contribution in [-0.2, 0) is 0 Å². The van der Waals surface area contributed by atoms with E-state index >= 15 is 0 Å². The molecule has 2 nitrogen and oxygen atoms in total. The summed E-state index contributed by atoms with van der Waals surface area (Å²) < 4.78 is 0. The lowest BCUT2D eigenvalue weighted by Crippen LogP contribution is -2.10. The molecule has 0 aliphatic carbocycles. The van der Waals surface area contributed by atoms with Crippen LogP contribution in [0.15, 0.2) is 41.6 Å². The third-order valence-electron chi connectivity index (χ3n) is 1.24. The van der Waals surface area contributed by atoms with Crippen molar-refractivity contribution >= 4 is 5.84 Å². The van der Waals surface area contributed by atoms with E-state index in [0.29, 0.717) is 18.0 Å². The summed E-state index contributed by atoms with van der Waals surface area (Å²) >= 11 is 0. The van der Waals surface area contributed by atoms with Crippen molar-refractivity contribution in [1.29, 1.82) is 0 Å². The van der Waals surface area contributed by atoms with Gasteiger partial charge in [0.1, 0.15) is 5.84 Å². The SMILES string of the molecule is C=CC(=C)N=C(N)CC=C(C)C.CC. The van der Waals surface area contributed by atoms with Crippen LogP contribution in [0, 0.1) is 0 Å². The van der Waals surface area contributed by atoms with Crippen LogP contribution in [0.4, 0.5) is 0 Å². The van der Waals surface area contributed by atoms with Gasteiger partial charge < -0.3 is 5.73 Å². The zero-order valence-corrected chi connectivity index (χ0v) is 9.80. The van der Waals surface area contributed by atoms with Crippen LogP contribution in [0.5, 0.6) is 0 Å². The second kappa shape index (κ2) is 9.78. The van der Waals surface area contributed by atoms with Crippen LogP contribution >= 0.6 is 0 Å². The van der Waals surface area contributed by atoms with Gasteiger partial charge in [-0.3, -0.25) is 0 Å². The number of hydrogen-bond acceptors (Lipinski definition) is 1. The average Bonchev–Trinajstić information content (AvgIpc) is 2.17. The van der Waals surface area contributed by atoms with Gasteiger partial charge in [0.2, 0.25) is 0 Å². The predicted molar refractivity (Wildman–Crippen MR) is 66.4 cm³/mol. The Labute approximate surface area is 87.9 Å². The largest absolute Gasteiger partial charge is 0.387 e. The Morgan fingerprint density at radius 2 is 1.86 bits per heavy atom. The van der Waals surface area contributed by atoms with Crippen LogP contribution in [0.2, 0.25) is 0 Å². The number of nitrogens with two attached hydrogens (primary N) is 1. The normalized spacial score (nSPS) is 9.57. The molecule has 2 N–H and O–H groups in total. The van der Waals surface area contributed by atoms with Gasteiger partial charge in [-0.25, -0.2) is 4.99 Å². The molecule has 0 aliphatic rings. The quantitative estimate of drug-likeness (QED) is 0.316. The molecule has 0 unspecified atom stereocenters. The molecule has 0 aliphatic heterocycles. The highest BCUT2D eigenvalue weighted by Crippen LogP contribution is 1.97. The summed E-state index contributed by atoms with van der Waals surface area (Å²) in [5.74, 6) is 0.570. The van der Waals surface area contributed by atoms with Gasteiger partial charge in [-0.1, -0.05) is 38.7 Å². The van der Waals surface area contributed by atoms with E-state index in [0.717, 1.165) is 0 Å². The van der Waals surface area contributed by atoms with Gasteiger partial charge >= 0.3 is 0 Å². The molecule has 0 saturated heterocycles. The van der Waals surface area contributed by atoms with Crippen LogP contribution in [-0.4, -0.2) is 5.84 Å². The third kappa shape index (κ3) is 10.7. The minimum absolute atomic E-state index is 0.570. The lowest BCUT2D eigenvalue weighted by atomic mass is 10.2. The highest BCUT2D eigenvalue weighted by molar-refractivity contribution is 5.82. The van der Waals surface area contributed by atoms with Gasteiger partial charge in [-0.05, 0) is 19.9 Å². The first-order valence-electron chi connectivity index (χ1n) is 4.84. The van der Waals surface area contributed by atoms with Gasteiger partial charge in [0.25, 0.3) is 0 Å². The summed E-state index contributed by atoms with van der Waals surface area (Å²) in [6.45, 7) is 15.2. The molecule has 0 spiro atoms. The monoisotopic (exact) mass is 194 g/mol. The molecule has 0 bridgehead atoms. The Morgan fingerprint density at radius 1 is 1.36 bits per heavy atom. The fourth-order valence-electron chi connectivity index (χ4n) is 0.584. The van der Waals surface area contributed by atoms with Gasteiger partial charge in [0, 0.05) is 6.42 Å². The van der Waals surface area contributed by atoms with Crippen molar-refractivity contribution in [2.24, 2.45) is 10.7 Å². The maximum atomic E-state index is 5.60. The van der Waals surface area contributed by atoms with Gasteiger partial charge in [-0.15, -0.1) is 0 Å². The lowest BCUT2D eigenvalue weighted by Gasteiger charge is -1.96. The van der Waals surface area contributed by atoms with E-state index < -0.39 is 0 Å². The highest BCUT2D eigenvalue weighted by Gasteiger charge is 1.89. The van der Waals surface area contributed by atoms with Crippen LogP contribution < -0.4 is 5.73 Å². The Morgan fingerprint density at radius 3 is 2.21 bits per heavy atom. The van der Waals surface area contributed by atoms with Crippen molar-refractivity contribution in [1.82, 2.24) is 0 Å². The first-order valence-corrected chi connectivity index (χ1v) is 4.84. The van der Waals surface area contributed by atoms with E-state index in [9.17, 15) is 0 Å². The van der Waals surface area contributed by atoms with E-state index in [-0.39, 0.29) is 0 Å². The first kappa shape index (κ1) is 15.2. The Balaban J connectivity index is 0. The van der Waals surface area contributed by atoms with E-state index in [4.69, 9.17) is 5.73 Å². The molecular weight excluding hydrogens is 172 g/mol. The minimum atomic E-state index is 0.570.